The van der Waals surface area contributed by atoms with Crippen molar-refractivity contribution in [2.75, 3.05) is 6.54 Å². The van der Waals surface area contributed by atoms with E-state index in [0.29, 0.717) is 12.0 Å². The van der Waals surface area contributed by atoms with E-state index in [-0.39, 0.29) is 6.54 Å². The Morgan fingerprint density at radius 3 is 2.73 bits per heavy atom. The van der Waals surface area contributed by atoms with Gasteiger partial charge < -0.3 is 0 Å². The highest BCUT2D eigenvalue weighted by molar-refractivity contribution is 6.04. The third-order valence-corrected chi connectivity index (χ3v) is 1.68. The molecule has 0 aromatic heterocycles. The molecule has 0 aromatic carbocycles. The van der Waals surface area contributed by atoms with Crippen molar-refractivity contribution in [2.45, 2.75) is 26.2 Å². The summed E-state index contributed by atoms with van der Waals surface area (Å²) in [5, 5.41) is 5.11. The first-order chi connectivity index (χ1) is 7.11. The van der Waals surface area contributed by atoms with Crippen LogP contribution in [0.15, 0.2) is 17.3 Å². The molecule has 0 aliphatic rings. The molecule has 0 aliphatic heterocycles. The molecular formula is C9H14N4O2. The first kappa shape index (κ1) is 13.2. The fraction of sp³-hybridized carbons (Fsp3) is 0.556. The number of rotatable bonds is 6. The number of azide groups is 1. The zero-order chi connectivity index (χ0) is 11.7. The van der Waals surface area contributed by atoms with Crippen LogP contribution < -0.4 is 5.32 Å². The minimum atomic E-state index is -0.615. The molecule has 6 heteroatoms. The number of carbonyl (C=O) groups excluding carboxylic acids is 2. The van der Waals surface area contributed by atoms with E-state index in [0.717, 1.165) is 12.8 Å². The van der Waals surface area contributed by atoms with Crippen LogP contribution in [0.5, 0.6) is 0 Å². The summed E-state index contributed by atoms with van der Waals surface area (Å²) >= 11 is 0. The predicted molar refractivity (Wildman–Crippen MR) is 55.8 cm³/mol. The highest BCUT2D eigenvalue weighted by Crippen LogP contribution is 2.04. The summed E-state index contributed by atoms with van der Waals surface area (Å²) in [6, 6.07) is 0. The Balaban J connectivity index is 3.96. The maximum atomic E-state index is 11.3. The topological polar surface area (TPSA) is 94.9 Å². The fourth-order valence-electron chi connectivity index (χ4n) is 0.854. The molecule has 0 saturated heterocycles. The van der Waals surface area contributed by atoms with Gasteiger partial charge in [0, 0.05) is 10.5 Å². The summed E-state index contributed by atoms with van der Waals surface area (Å²) in [4.78, 5) is 24.6. The van der Waals surface area contributed by atoms with Crippen molar-refractivity contribution >= 4 is 11.8 Å². The van der Waals surface area contributed by atoms with Crippen molar-refractivity contribution in [3.8, 4) is 0 Å². The Morgan fingerprint density at radius 1 is 1.53 bits per heavy atom. The lowest BCUT2D eigenvalue weighted by Gasteiger charge is -2.04. The van der Waals surface area contributed by atoms with Gasteiger partial charge in [0.2, 0.25) is 5.91 Å². The summed E-state index contributed by atoms with van der Waals surface area (Å²) in [5.74, 6) is -1.11. The molecule has 0 heterocycles. The second kappa shape index (κ2) is 7.58. The lowest BCUT2D eigenvalue weighted by Crippen LogP contribution is -2.32. The fourth-order valence-corrected chi connectivity index (χ4v) is 0.854. The van der Waals surface area contributed by atoms with E-state index in [1.807, 2.05) is 6.92 Å². The maximum Gasteiger partial charge on any atom is 0.253 e. The van der Waals surface area contributed by atoms with Gasteiger partial charge in [0.05, 0.1) is 0 Å². The number of nitrogens with zero attached hydrogens (tertiary/aromatic N) is 3. The van der Waals surface area contributed by atoms with Crippen LogP contribution in [0.3, 0.4) is 0 Å². The predicted octanol–water partition coefficient (Wildman–Crippen LogP) is 1.69. The molecule has 82 valence electrons. The van der Waals surface area contributed by atoms with Crippen LogP contribution in [0, 0.1) is 0 Å². The third kappa shape index (κ3) is 6.29. The summed E-state index contributed by atoms with van der Waals surface area (Å²) in [6.45, 7) is 5.18. The minimum absolute atomic E-state index is 0.367. The Kier molecular flexibility index (Phi) is 6.67. The lowest BCUT2D eigenvalue weighted by atomic mass is 10.1. The molecule has 0 radical (unpaired) electrons. The monoisotopic (exact) mass is 210 g/mol. The number of carbonyl (C=O) groups is 2. The van der Waals surface area contributed by atoms with Crippen molar-refractivity contribution in [3.63, 3.8) is 0 Å². The molecule has 15 heavy (non-hydrogen) atoms. The van der Waals surface area contributed by atoms with Crippen molar-refractivity contribution in [1.82, 2.24) is 5.32 Å². The quantitative estimate of drug-likeness (QED) is 0.312. The van der Waals surface area contributed by atoms with Crippen LogP contribution in [-0.2, 0) is 9.59 Å². The summed E-state index contributed by atoms with van der Waals surface area (Å²) in [6.07, 6.45) is 2.38. The van der Waals surface area contributed by atoms with Crippen molar-refractivity contribution in [1.29, 1.82) is 0 Å². The van der Waals surface area contributed by atoms with E-state index in [4.69, 9.17) is 5.53 Å². The SMILES string of the molecule is C=C(CCCC)C(=O)NC(=O)CN=[N+]=[N-]. The Hall–Kier alpha value is -1.81. The van der Waals surface area contributed by atoms with Crippen LogP contribution in [0.2, 0.25) is 0 Å². The van der Waals surface area contributed by atoms with Gasteiger partial charge in [-0.05, 0) is 18.4 Å². The van der Waals surface area contributed by atoms with Crippen LogP contribution in [-0.4, -0.2) is 18.4 Å². The molecule has 0 spiro atoms. The standard InChI is InChI=1S/C9H14N4O2/c1-3-4-5-7(2)9(15)12-8(14)6-11-13-10/h2-6H2,1H3,(H,12,14,15). The van der Waals surface area contributed by atoms with Gasteiger partial charge in [0.15, 0.2) is 0 Å². The van der Waals surface area contributed by atoms with Crippen LogP contribution in [0.4, 0.5) is 0 Å². The number of amides is 2. The molecule has 0 unspecified atom stereocenters. The average molecular weight is 210 g/mol. The van der Waals surface area contributed by atoms with Gasteiger partial charge in [-0.2, -0.15) is 0 Å². The van der Waals surface area contributed by atoms with E-state index in [2.05, 4.69) is 21.9 Å². The molecule has 2 amide bonds. The molecule has 1 N–H and O–H groups in total. The molecule has 0 fully saturated rings. The number of imide groups is 1. The molecular weight excluding hydrogens is 196 g/mol. The third-order valence-electron chi connectivity index (χ3n) is 1.68. The second-order valence-electron chi connectivity index (χ2n) is 2.97. The van der Waals surface area contributed by atoms with Gasteiger partial charge in [0.1, 0.15) is 6.54 Å². The average Bonchev–Trinajstić information content (AvgIpc) is 2.22. The highest BCUT2D eigenvalue weighted by Gasteiger charge is 2.09. The van der Waals surface area contributed by atoms with E-state index < -0.39 is 11.8 Å². The van der Waals surface area contributed by atoms with Gasteiger partial charge in [-0.1, -0.05) is 25.0 Å². The number of hydrogen-bond donors (Lipinski definition) is 1. The zero-order valence-electron chi connectivity index (χ0n) is 8.69. The normalized spacial score (nSPS) is 8.87. The Bertz CT molecular complexity index is 305. The minimum Gasteiger partial charge on any atom is -0.293 e. The zero-order valence-corrected chi connectivity index (χ0v) is 8.69. The van der Waals surface area contributed by atoms with Gasteiger partial charge in [-0.25, -0.2) is 0 Å². The number of hydrogen-bond acceptors (Lipinski definition) is 3. The highest BCUT2D eigenvalue weighted by atomic mass is 16.2. The summed E-state index contributed by atoms with van der Waals surface area (Å²) < 4.78 is 0. The molecule has 0 rings (SSSR count). The van der Waals surface area contributed by atoms with Crippen LogP contribution >= 0.6 is 0 Å². The van der Waals surface area contributed by atoms with Gasteiger partial charge in [-0.15, -0.1) is 0 Å². The van der Waals surface area contributed by atoms with Crippen LogP contribution in [0.25, 0.3) is 10.4 Å². The Labute approximate surface area is 88.0 Å². The van der Waals surface area contributed by atoms with Gasteiger partial charge in [-0.3, -0.25) is 14.9 Å². The summed E-state index contributed by atoms with van der Waals surface area (Å²) in [7, 11) is 0. The van der Waals surface area contributed by atoms with E-state index >= 15 is 0 Å². The molecule has 0 atom stereocenters. The Morgan fingerprint density at radius 2 is 2.20 bits per heavy atom. The largest absolute Gasteiger partial charge is 0.293 e. The molecule has 0 saturated carbocycles. The maximum absolute atomic E-state index is 11.3. The number of nitrogens with one attached hydrogen (secondary N) is 1. The van der Waals surface area contributed by atoms with Crippen molar-refractivity contribution in [2.24, 2.45) is 5.11 Å². The molecule has 0 aliphatic carbocycles. The molecule has 0 bridgehead atoms. The lowest BCUT2D eigenvalue weighted by molar-refractivity contribution is -0.127. The molecule has 6 nitrogen and oxygen atoms in total. The van der Waals surface area contributed by atoms with Crippen LogP contribution in [0.1, 0.15) is 26.2 Å². The second-order valence-corrected chi connectivity index (χ2v) is 2.97. The molecule has 0 aromatic rings. The van der Waals surface area contributed by atoms with Gasteiger partial charge >= 0.3 is 0 Å². The van der Waals surface area contributed by atoms with Crippen molar-refractivity contribution < 1.29 is 9.59 Å². The van der Waals surface area contributed by atoms with E-state index in [1.54, 1.807) is 0 Å². The first-order valence-electron chi connectivity index (χ1n) is 4.64. The number of unbranched alkanes of at least 4 members (excludes halogenated alkanes) is 1. The van der Waals surface area contributed by atoms with Gasteiger partial charge in [0.25, 0.3) is 5.91 Å². The smallest absolute Gasteiger partial charge is 0.253 e. The summed E-state index contributed by atoms with van der Waals surface area (Å²) in [5.41, 5.74) is 8.32. The van der Waals surface area contributed by atoms with Crippen molar-refractivity contribution in [3.05, 3.63) is 22.6 Å². The first-order valence-corrected chi connectivity index (χ1v) is 4.64. The van der Waals surface area contributed by atoms with E-state index in [1.165, 1.54) is 0 Å². The van der Waals surface area contributed by atoms with E-state index in [9.17, 15) is 9.59 Å².